The maximum Gasteiger partial charge on any atom is 1.00 e. The Hall–Kier alpha value is -7.49. The van der Waals surface area contributed by atoms with Gasteiger partial charge < -0.3 is 117 Å². The molecule has 0 bridgehead atoms. The number of halogens is 1. The van der Waals surface area contributed by atoms with E-state index in [1.54, 1.807) is 70.9 Å². The molecule has 39 nitrogen and oxygen atoms in total. The van der Waals surface area contributed by atoms with Gasteiger partial charge in [0.1, 0.15) is 42.3 Å². The van der Waals surface area contributed by atoms with Crippen molar-refractivity contribution in [3.63, 3.8) is 0 Å². The van der Waals surface area contributed by atoms with Crippen LogP contribution in [0, 0.1) is 0 Å². The largest absolute Gasteiger partial charge is 1.00 e. The van der Waals surface area contributed by atoms with Crippen molar-refractivity contribution in [1.29, 1.82) is 0 Å². The third-order valence-corrected chi connectivity index (χ3v) is 16.7. The Morgan fingerprint density at radius 2 is 0.871 bits per heavy atom. The number of nitrogens with one attached hydrogen (secondary N) is 1. The molecule has 0 spiro atoms. The summed E-state index contributed by atoms with van der Waals surface area (Å²) in [5, 5.41) is 47.3. The summed E-state index contributed by atoms with van der Waals surface area (Å²) in [4.78, 5) is 190. The smallest absolute Gasteiger partial charge is 0.850 e. The van der Waals surface area contributed by atoms with Crippen molar-refractivity contribution < 1.29 is 217 Å². The van der Waals surface area contributed by atoms with E-state index >= 15 is 0 Å². The minimum atomic E-state index is -0.856. The molecule has 3 radical (unpaired) electrons. The standard InChI is InChI=1S/C22H33N3O6.C18H24N2O5.C15H25N3O5.C11H18N2O3.C4H9NO2.C4H6O4.C4H9O.C2H3BO2.ClH.K.Na.H2S/c1-22(2,3)31-20(28)24-12-13-25(18(15-24)14-23-11-7-10-19(26)27)21(29)30-16-17-8-5-4-6-9-17;1-18(2,3)25-16(22)19-9-10-20(15(11-19)12-21)17(23)24-13-14-7-5-4-6-8-14;1-15(2,3)23-14(22)17-7-8-18-11(10-17)9-16(13(18)21)6-4-5-12(19)20;14-10(15)5-3-6-12-8-9-4-1-2-7-13(9)11(12)16;5-3-1-2-4(6)7;1-3(5)7-8-4(2)6;1-4(2,3)5;1-2(4)5-3;;;;/h4-6,8-9,18,23H,7,10-16H2,1-3H3,(H,26,27);4-8,12,15H,9-11,13H2,1-3H3;11H,4-10H2,1-3H3,(H,19,20);9H,1-8H2,(H,14,15);1-3,5H2,(H,6,7);1-2H3;1-3H3;1H3;1H;;;1H2/q;;;;;;2*-1;;2*+1;/t18-;15-;11-;9-;;;;;;;;/m1010......../s1. The van der Waals surface area contributed by atoms with Crippen molar-refractivity contribution in [1.82, 2.24) is 49.4 Å². The minimum Gasteiger partial charge on any atom is -0.850 e. The number of fused-ring (bicyclic) bond motifs is 2. The summed E-state index contributed by atoms with van der Waals surface area (Å²) in [6.45, 7) is 32.5. The number of carbonyl (C=O) groups excluding carboxylic acids is 11. The number of nitrogens with two attached hydrogens (primary N) is 1. The molecule has 2 aromatic carbocycles. The van der Waals surface area contributed by atoms with Gasteiger partial charge in [-0.15, -0.1) is 18.0 Å². The van der Waals surface area contributed by atoms with Crippen LogP contribution < -0.4 is 97.1 Å². The summed E-state index contributed by atoms with van der Waals surface area (Å²) in [5.74, 6) is -5.01. The number of carboxylic acids is 4. The molecular formula is C80H130BClKN11NaO28S. The number of piperazine rings is 3. The van der Waals surface area contributed by atoms with Crippen LogP contribution in [0.5, 0.6) is 0 Å². The third-order valence-electron chi connectivity index (χ3n) is 16.7. The first-order valence-electron chi connectivity index (χ1n) is 39.6. The number of carbonyl (C=O) groups is 15. The summed E-state index contributed by atoms with van der Waals surface area (Å²) < 4.78 is 30.5. The van der Waals surface area contributed by atoms with Gasteiger partial charge in [-0.1, -0.05) is 81.4 Å². The van der Waals surface area contributed by atoms with Gasteiger partial charge in [-0.05, 0) is 131 Å². The van der Waals surface area contributed by atoms with E-state index in [0.717, 1.165) is 50.9 Å². The second-order valence-corrected chi connectivity index (χ2v) is 32.1. The third kappa shape index (κ3) is 57.3. The molecule has 124 heavy (non-hydrogen) atoms. The average molecular weight is 1830 g/mol. The van der Waals surface area contributed by atoms with Crippen molar-refractivity contribution in [3.05, 3.63) is 71.8 Å². The summed E-state index contributed by atoms with van der Waals surface area (Å²) in [6.07, 6.45) is 4.32. The number of urea groups is 2. The number of aliphatic carboxylic acids is 4. The second kappa shape index (κ2) is 64.3. The molecule has 6 aliphatic heterocycles. The Morgan fingerprint density at radius 1 is 0.508 bits per heavy atom. The van der Waals surface area contributed by atoms with E-state index < -0.39 is 94.6 Å². The molecule has 44 heteroatoms. The number of hydrogen-bond acceptors (Lipinski definition) is 26. The van der Waals surface area contributed by atoms with Gasteiger partial charge in [-0.3, -0.25) is 28.9 Å². The number of carboxylic acid groups (broad SMARTS) is 4. The van der Waals surface area contributed by atoms with Gasteiger partial charge in [0.25, 0.3) is 0 Å². The number of nitrogens with zero attached hydrogens (tertiary/aromatic N) is 9. The van der Waals surface area contributed by atoms with Crippen LogP contribution in [0.2, 0.25) is 0 Å². The molecule has 6 fully saturated rings. The number of aldehydes is 1. The molecule has 0 aromatic heterocycles. The van der Waals surface area contributed by atoms with Crippen LogP contribution in [-0.2, 0) is 89.7 Å². The van der Waals surface area contributed by atoms with Gasteiger partial charge >= 0.3 is 159 Å². The number of amides is 9. The zero-order chi connectivity index (χ0) is 91.1. The van der Waals surface area contributed by atoms with Crippen molar-refractivity contribution in [2.45, 2.75) is 234 Å². The van der Waals surface area contributed by atoms with Crippen molar-refractivity contribution in [2.24, 2.45) is 5.73 Å². The summed E-state index contributed by atoms with van der Waals surface area (Å²) in [6, 6.07) is 18.0. The van der Waals surface area contributed by atoms with E-state index in [-0.39, 0.29) is 189 Å². The van der Waals surface area contributed by atoms with Crippen molar-refractivity contribution in [3.8, 4) is 0 Å². The van der Waals surface area contributed by atoms with Crippen molar-refractivity contribution >= 4 is 125 Å². The van der Waals surface area contributed by atoms with Crippen LogP contribution in [0.4, 0.5) is 33.6 Å². The summed E-state index contributed by atoms with van der Waals surface area (Å²) in [7, 11) is 4.32. The molecule has 0 saturated carbocycles. The van der Waals surface area contributed by atoms with E-state index in [4.69, 9.17) is 49.8 Å². The summed E-state index contributed by atoms with van der Waals surface area (Å²) in [5.41, 5.74) is 4.27. The van der Waals surface area contributed by atoms with E-state index in [0.29, 0.717) is 123 Å². The first-order valence-corrected chi connectivity index (χ1v) is 39.6. The molecule has 6 heterocycles. The van der Waals surface area contributed by atoms with Crippen LogP contribution in [0.3, 0.4) is 0 Å². The number of hydrogen-bond donors (Lipinski definition) is 6. The second-order valence-electron chi connectivity index (χ2n) is 32.1. The predicted molar refractivity (Wildman–Crippen MR) is 450 cm³/mol. The molecule has 8 rings (SSSR count). The molecule has 4 atom stereocenters. The normalized spacial score (nSPS) is 16.7. The van der Waals surface area contributed by atoms with Gasteiger partial charge in [-0.2, -0.15) is 13.5 Å². The van der Waals surface area contributed by atoms with Crippen molar-refractivity contribution in [2.75, 3.05) is 111 Å². The molecule has 691 valence electrons. The number of piperidine rings is 1. The average Bonchev–Trinajstić information content (AvgIpc) is 1.64. The van der Waals surface area contributed by atoms with E-state index in [2.05, 4.69) is 27.8 Å². The van der Waals surface area contributed by atoms with Crippen LogP contribution >= 0.6 is 25.9 Å². The zero-order valence-corrected chi connectivity index (χ0v) is 82.0. The topological polar surface area (TPSA) is 501 Å². The fourth-order valence-corrected chi connectivity index (χ4v) is 11.5. The molecule has 7 N–H and O–H groups in total. The van der Waals surface area contributed by atoms with Gasteiger partial charge in [-0.25, -0.2) is 52.9 Å². The monoisotopic (exact) mass is 1830 g/mol. The quantitative estimate of drug-likeness (QED) is 0.0244. The number of rotatable bonds is 22. The van der Waals surface area contributed by atoms with Crippen LogP contribution in [0.1, 0.15) is 186 Å². The maximum absolute atomic E-state index is 12.7. The molecule has 0 aliphatic carbocycles. The number of benzene rings is 2. The first kappa shape index (κ1) is 123. The first-order chi connectivity index (χ1) is 56.0. The van der Waals surface area contributed by atoms with Gasteiger partial charge in [0.05, 0.1) is 24.7 Å². The predicted octanol–water partition coefficient (Wildman–Crippen LogP) is 1.65. The Kier molecular flexibility index (Phi) is 63.7. The Morgan fingerprint density at radius 3 is 1.24 bits per heavy atom. The molecule has 0 unspecified atom stereocenters. The molecule has 2 aromatic rings. The van der Waals surface area contributed by atoms with E-state index in [9.17, 15) is 77.0 Å². The fraction of sp³-hybridized carbons (Fsp3) is 0.662. The molecule has 9 amide bonds. The van der Waals surface area contributed by atoms with Crippen LogP contribution in [-0.4, -0.2) is 321 Å². The Balaban J connectivity index is -0.000000708. The van der Waals surface area contributed by atoms with Crippen LogP contribution in [0.25, 0.3) is 0 Å². The van der Waals surface area contributed by atoms with Gasteiger partial charge in [0.15, 0.2) is 0 Å². The van der Waals surface area contributed by atoms with Crippen LogP contribution in [0.15, 0.2) is 60.7 Å². The Labute approximate surface area is 806 Å². The van der Waals surface area contributed by atoms with Gasteiger partial charge in [0.2, 0.25) is 5.97 Å². The fourth-order valence-electron chi connectivity index (χ4n) is 11.5. The van der Waals surface area contributed by atoms with Gasteiger partial charge in [0, 0.05) is 138 Å². The molecular weight excluding hydrogens is 1700 g/mol. The SMILES string of the molecule is CC(=O)OOC(C)=O.CC(C)(C)OC(=O)N1CCN(C(=O)OCc2ccccc2)[C@H](C=O)C1.CC(C)(C)OC(=O)N1CCN(C(=O)OCc2ccccc2)[C@H](CNCCCC(=O)O)C1.CC(C)(C)OC(=O)N1CCN2C(=O)N(CCCC(=O)O)C[C@@H]2C1.CC(C)(C)[O-].Cl.NCCCC(=O)O.O=C(O)CCCN1C[C@@H]2CCCCN2C1=O.S.[B-]OC(C)=O.[K+].[Na+]. The number of ether oxygens (including phenoxy) is 5. The zero-order valence-electron chi connectivity index (χ0n) is 75.0. The molecule has 6 saturated heterocycles. The van der Waals surface area contributed by atoms with E-state index in [1.807, 2.05) is 107 Å². The maximum atomic E-state index is 12.7. The van der Waals surface area contributed by atoms with E-state index in [1.165, 1.54) is 23.1 Å². The Bertz CT molecular complexity index is 3550. The minimum absolute atomic E-state index is 0. The summed E-state index contributed by atoms with van der Waals surface area (Å²) >= 11 is 0. The molecule has 6 aliphatic rings.